The minimum Gasteiger partial charge on any atom is -0.454 e. The zero-order valence-corrected chi connectivity index (χ0v) is 11.1. The lowest BCUT2D eigenvalue weighted by Crippen LogP contribution is -1.96. The van der Waals surface area contributed by atoms with Crippen molar-refractivity contribution in [2.24, 2.45) is 0 Å². The first-order valence-electron chi connectivity index (χ1n) is 5.86. The number of ether oxygens (including phenoxy) is 2. The highest BCUT2D eigenvalue weighted by Gasteiger charge is 2.13. The molecule has 3 rings (SSSR count). The molecule has 98 valence electrons. The maximum atomic E-state index is 6.04. The summed E-state index contributed by atoms with van der Waals surface area (Å²) in [5.74, 6) is 1.50. The van der Waals surface area contributed by atoms with Crippen LogP contribution in [0.15, 0.2) is 30.3 Å². The van der Waals surface area contributed by atoms with Crippen LogP contribution in [0.2, 0.25) is 5.02 Å². The Kier molecular flexibility index (Phi) is 2.87. The van der Waals surface area contributed by atoms with Crippen LogP contribution in [0.5, 0.6) is 11.5 Å². The number of hydrogen-bond acceptors (Lipinski definition) is 4. The Bertz CT molecular complexity index is 644. The number of rotatable bonds is 2. The highest BCUT2D eigenvalue weighted by atomic mass is 35.5. The lowest BCUT2D eigenvalue weighted by Gasteiger charge is -2.12. The summed E-state index contributed by atoms with van der Waals surface area (Å²) < 4.78 is 10.6. The van der Waals surface area contributed by atoms with E-state index in [1.165, 1.54) is 0 Å². The van der Waals surface area contributed by atoms with Crippen LogP contribution in [0.3, 0.4) is 0 Å². The number of hydrogen-bond donors (Lipinski definition) is 2. The zero-order valence-electron chi connectivity index (χ0n) is 10.4. The number of fused-ring (bicyclic) bond motifs is 1. The van der Waals surface area contributed by atoms with Crippen molar-refractivity contribution in [1.82, 2.24) is 0 Å². The van der Waals surface area contributed by atoms with Gasteiger partial charge in [0, 0.05) is 17.4 Å². The largest absolute Gasteiger partial charge is 0.454 e. The molecule has 2 aromatic rings. The molecule has 0 saturated heterocycles. The van der Waals surface area contributed by atoms with Crippen molar-refractivity contribution in [1.29, 1.82) is 0 Å². The fraction of sp³-hybridized carbons (Fsp3) is 0.143. The second kappa shape index (κ2) is 4.55. The van der Waals surface area contributed by atoms with Gasteiger partial charge in [0.25, 0.3) is 0 Å². The molecule has 1 aliphatic heterocycles. The molecular weight excluding hydrogens is 264 g/mol. The molecule has 0 amide bonds. The Morgan fingerprint density at radius 1 is 1.16 bits per heavy atom. The van der Waals surface area contributed by atoms with Crippen LogP contribution < -0.4 is 20.5 Å². The predicted molar refractivity (Wildman–Crippen MR) is 76.4 cm³/mol. The van der Waals surface area contributed by atoms with Gasteiger partial charge in [0.05, 0.1) is 10.7 Å². The topological polar surface area (TPSA) is 56.5 Å². The second-order valence-electron chi connectivity index (χ2n) is 4.38. The molecule has 0 aliphatic carbocycles. The van der Waals surface area contributed by atoms with Gasteiger partial charge in [-0.1, -0.05) is 11.6 Å². The third kappa shape index (κ3) is 2.27. The van der Waals surface area contributed by atoms with Crippen LogP contribution in [0.4, 0.5) is 17.1 Å². The van der Waals surface area contributed by atoms with Crippen molar-refractivity contribution >= 4 is 28.7 Å². The number of anilines is 3. The number of nitrogen functional groups attached to an aromatic ring is 1. The SMILES string of the molecule is Cc1cc(N)c(Cl)cc1Nc1ccc2c(c1)OCO2. The second-order valence-corrected chi connectivity index (χ2v) is 4.79. The van der Waals surface area contributed by atoms with Gasteiger partial charge in [0.2, 0.25) is 6.79 Å². The molecule has 5 heteroatoms. The monoisotopic (exact) mass is 276 g/mol. The predicted octanol–water partition coefficient (Wildman–Crippen LogP) is 3.70. The van der Waals surface area contributed by atoms with Crippen LogP contribution >= 0.6 is 11.6 Å². The third-order valence-electron chi connectivity index (χ3n) is 3.00. The number of aryl methyl sites for hydroxylation is 1. The van der Waals surface area contributed by atoms with Crippen LogP contribution in [-0.2, 0) is 0 Å². The Balaban J connectivity index is 1.91. The maximum absolute atomic E-state index is 6.04. The van der Waals surface area contributed by atoms with E-state index in [2.05, 4.69) is 5.32 Å². The lowest BCUT2D eigenvalue weighted by molar-refractivity contribution is 0.174. The maximum Gasteiger partial charge on any atom is 0.231 e. The average molecular weight is 277 g/mol. The first kappa shape index (κ1) is 12.0. The van der Waals surface area contributed by atoms with Gasteiger partial charge < -0.3 is 20.5 Å². The third-order valence-corrected chi connectivity index (χ3v) is 3.32. The quantitative estimate of drug-likeness (QED) is 0.821. The van der Waals surface area contributed by atoms with E-state index in [4.69, 9.17) is 26.8 Å². The number of halogens is 1. The van der Waals surface area contributed by atoms with Crippen molar-refractivity contribution in [3.8, 4) is 11.5 Å². The molecule has 19 heavy (non-hydrogen) atoms. The van der Waals surface area contributed by atoms with Crippen molar-refractivity contribution in [3.63, 3.8) is 0 Å². The number of benzene rings is 2. The summed E-state index contributed by atoms with van der Waals surface area (Å²) >= 11 is 6.04. The first-order chi connectivity index (χ1) is 9.13. The minimum absolute atomic E-state index is 0.269. The fourth-order valence-corrected chi connectivity index (χ4v) is 2.13. The van der Waals surface area contributed by atoms with Gasteiger partial charge in [0.1, 0.15) is 0 Å². The minimum atomic E-state index is 0.269. The van der Waals surface area contributed by atoms with Crippen molar-refractivity contribution in [2.45, 2.75) is 6.92 Å². The highest BCUT2D eigenvalue weighted by molar-refractivity contribution is 6.33. The van der Waals surface area contributed by atoms with E-state index in [9.17, 15) is 0 Å². The van der Waals surface area contributed by atoms with Gasteiger partial charge in [-0.2, -0.15) is 0 Å². The molecule has 4 nitrogen and oxygen atoms in total. The Morgan fingerprint density at radius 3 is 2.79 bits per heavy atom. The summed E-state index contributed by atoms with van der Waals surface area (Å²) in [6, 6.07) is 9.36. The van der Waals surface area contributed by atoms with Gasteiger partial charge in [0.15, 0.2) is 11.5 Å². The van der Waals surface area contributed by atoms with E-state index in [0.29, 0.717) is 10.7 Å². The Morgan fingerprint density at radius 2 is 1.95 bits per heavy atom. The lowest BCUT2D eigenvalue weighted by atomic mass is 10.1. The smallest absolute Gasteiger partial charge is 0.231 e. The molecule has 2 aromatic carbocycles. The summed E-state index contributed by atoms with van der Waals surface area (Å²) in [4.78, 5) is 0. The molecule has 0 spiro atoms. The van der Waals surface area contributed by atoms with Crippen LogP contribution in [0.1, 0.15) is 5.56 Å². The Labute approximate surface area is 116 Å². The highest BCUT2D eigenvalue weighted by Crippen LogP contribution is 2.36. The average Bonchev–Trinajstić information content (AvgIpc) is 2.83. The van der Waals surface area contributed by atoms with Gasteiger partial charge >= 0.3 is 0 Å². The van der Waals surface area contributed by atoms with Crippen molar-refractivity contribution in [2.75, 3.05) is 17.8 Å². The van der Waals surface area contributed by atoms with Gasteiger partial charge in [-0.25, -0.2) is 0 Å². The van der Waals surface area contributed by atoms with Crippen LogP contribution in [-0.4, -0.2) is 6.79 Å². The zero-order chi connectivity index (χ0) is 13.4. The standard InChI is InChI=1S/C14H13ClN2O2/c1-8-4-11(16)10(15)6-12(8)17-9-2-3-13-14(5-9)19-7-18-13/h2-6,17H,7,16H2,1H3. The van der Waals surface area contributed by atoms with Gasteiger partial charge in [-0.3, -0.25) is 0 Å². The summed E-state index contributed by atoms with van der Waals surface area (Å²) in [6.07, 6.45) is 0. The van der Waals surface area contributed by atoms with Crippen molar-refractivity contribution < 1.29 is 9.47 Å². The summed E-state index contributed by atoms with van der Waals surface area (Å²) in [6.45, 7) is 2.24. The van der Waals surface area contributed by atoms with E-state index < -0.39 is 0 Å². The van der Waals surface area contributed by atoms with E-state index in [-0.39, 0.29) is 6.79 Å². The summed E-state index contributed by atoms with van der Waals surface area (Å²) in [7, 11) is 0. The molecule has 1 heterocycles. The Hall–Kier alpha value is -2.07. The van der Waals surface area contributed by atoms with Gasteiger partial charge in [-0.05, 0) is 36.8 Å². The first-order valence-corrected chi connectivity index (χ1v) is 6.23. The van der Waals surface area contributed by atoms with E-state index in [1.807, 2.05) is 37.3 Å². The molecule has 3 N–H and O–H groups in total. The van der Waals surface area contributed by atoms with Gasteiger partial charge in [-0.15, -0.1) is 0 Å². The summed E-state index contributed by atoms with van der Waals surface area (Å²) in [5.41, 5.74) is 9.19. The molecule has 1 aliphatic rings. The molecular formula is C14H13ClN2O2. The molecule has 0 radical (unpaired) electrons. The molecule has 0 bridgehead atoms. The normalized spacial score (nSPS) is 12.5. The fourth-order valence-electron chi connectivity index (χ4n) is 1.97. The number of nitrogens with one attached hydrogen (secondary N) is 1. The van der Waals surface area contributed by atoms with E-state index in [0.717, 1.165) is 28.4 Å². The molecule has 0 atom stereocenters. The van der Waals surface area contributed by atoms with Crippen LogP contribution in [0.25, 0.3) is 0 Å². The van der Waals surface area contributed by atoms with E-state index in [1.54, 1.807) is 0 Å². The van der Waals surface area contributed by atoms with Crippen LogP contribution in [0, 0.1) is 6.92 Å². The molecule has 0 fully saturated rings. The van der Waals surface area contributed by atoms with Crippen molar-refractivity contribution in [3.05, 3.63) is 40.9 Å². The molecule has 0 aromatic heterocycles. The number of nitrogens with two attached hydrogens (primary N) is 1. The molecule has 0 saturated carbocycles. The van der Waals surface area contributed by atoms with E-state index >= 15 is 0 Å². The summed E-state index contributed by atoms with van der Waals surface area (Å²) in [5, 5.41) is 3.83. The molecule has 0 unspecified atom stereocenters.